The number of hydrogen-bond donors (Lipinski definition) is 0. The zero-order valence-electron chi connectivity index (χ0n) is 37.1. The maximum atomic E-state index is 5.42. The largest absolute Gasteiger partial charge is 0.228 e. The van der Waals surface area contributed by atoms with Crippen LogP contribution in [0.4, 0.5) is 0 Å². The van der Waals surface area contributed by atoms with Gasteiger partial charge in [0.25, 0.3) is 0 Å². The molecule has 0 aliphatic heterocycles. The SMILES string of the molecule is c1ccc(-c2ccc(-c3cc(-c4ccc5sc6ccccc6c5c4)cc(-c4cc(-c5ccc6c(c5)C(c5ccccc5)(c5ccccc5)c5ccccc5-6)nc(-c5ccccc5)n4)c3)cc2)cc1. The van der Waals surface area contributed by atoms with Crippen molar-refractivity contribution >= 4 is 31.5 Å². The van der Waals surface area contributed by atoms with E-state index < -0.39 is 5.41 Å². The van der Waals surface area contributed by atoms with Crippen molar-refractivity contribution in [2.45, 2.75) is 5.41 Å². The van der Waals surface area contributed by atoms with Gasteiger partial charge in [-0.1, -0.05) is 206 Å². The predicted molar refractivity (Wildman–Crippen MR) is 285 cm³/mol. The Morgan fingerprint density at radius 1 is 0.279 bits per heavy atom. The Kier molecular flexibility index (Phi) is 9.62. The summed E-state index contributed by atoms with van der Waals surface area (Å²) in [5.74, 6) is 0.685. The third kappa shape index (κ3) is 6.70. The van der Waals surface area contributed by atoms with Gasteiger partial charge in [-0.15, -0.1) is 11.3 Å². The first-order chi connectivity index (χ1) is 33.7. The summed E-state index contributed by atoms with van der Waals surface area (Å²) in [6, 6.07) is 92.5. The summed E-state index contributed by atoms with van der Waals surface area (Å²) in [6.45, 7) is 0. The summed E-state index contributed by atoms with van der Waals surface area (Å²) in [4.78, 5) is 10.8. The summed E-state index contributed by atoms with van der Waals surface area (Å²) >= 11 is 1.85. The fourth-order valence-corrected chi connectivity index (χ4v) is 11.6. The summed E-state index contributed by atoms with van der Waals surface area (Å²) in [5.41, 5.74) is 18.7. The first-order valence-corrected chi connectivity index (χ1v) is 24.0. The predicted octanol–water partition coefficient (Wildman–Crippen LogP) is 17.2. The van der Waals surface area contributed by atoms with Gasteiger partial charge in [0.15, 0.2) is 5.82 Å². The number of benzene rings is 10. The summed E-state index contributed by atoms with van der Waals surface area (Å²) < 4.78 is 2.59. The third-order valence-corrected chi connectivity index (χ3v) is 14.9. The molecule has 68 heavy (non-hydrogen) atoms. The van der Waals surface area contributed by atoms with Crippen molar-refractivity contribution in [3.8, 4) is 78.4 Å². The van der Waals surface area contributed by atoms with E-state index in [1.54, 1.807) is 0 Å². The molecule has 1 aliphatic rings. The molecule has 12 aromatic rings. The number of hydrogen-bond acceptors (Lipinski definition) is 3. The van der Waals surface area contributed by atoms with Crippen LogP contribution in [0.2, 0.25) is 0 Å². The molecule has 0 atom stereocenters. The Morgan fingerprint density at radius 2 is 0.765 bits per heavy atom. The van der Waals surface area contributed by atoms with Crippen LogP contribution in [0.5, 0.6) is 0 Å². The van der Waals surface area contributed by atoms with Gasteiger partial charge < -0.3 is 0 Å². The highest BCUT2D eigenvalue weighted by Crippen LogP contribution is 2.56. The minimum Gasteiger partial charge on any atom is -0.228 e. The zero-order valence-corrected chi connectivity index (χ0v) is 37.9. The zero-order chi connectivity index (χ0) is 45.0. The molecule has 3 heteroatoms. The molecule has 0 spiro atoms. The summed E-state index contributed by atoms with van der Waals surface area (Å²) in [5, 5.41) is 2.56. The van der Waals surface area contributed by atoms with E-state index in [0.717, 1.165) is 44.8 Å². The van der Waals surface area contributed by atoms with Crippen molar-refractivity contribution < 1.29 is 0 Å². The van der Waals surface area contributed by atoms with Gasteiger partial charge in [0.1, 0.15) is 0 Å². The highest BCUT2D eigenvalue weighted by atomic mass is 32.1. The van der Waals surface area contributed by atoms with Gasteiger partial charge in [-0.05, 0) is 115 Å². The van der Waals surface area contributed by atoms with Crippen molar-refractivity contribution in [3.63, 3.8) is 0 Å². The van der Waals surface area contributed by atoms with Gasteiger partial charge in [-0.2, -0.15) is 0 Å². The standard InChI is InChI=1S/C65H42N2S/c1-5-17-43(18-6-1)44-29-31-45(32-30-44)49-37-50(47-34-36-63-57(40-47)56-26-14-16-28-62(56)68-63)39-51(38-49)61-42-60(66-64(67-61)46-19-7-2-8-20-46)48-33-35-55-54-25-13-15-27-58(54)65(59(55)41-48,52-21-9-3-10-22-52)53-23-11-4-12-24-53/h1-42H. The molecule has 0 radical (unpaired) electrons. The van der Waals surface area contributed by atoms with E-state index in [0.29, 0.717) is 5.82 Å². The molecule has 0 fully saturated rings. The molecule has 318 valence electrons. The minimum atomic E-state index is -0.531. The second-order valence-electron chi connectivity index (χ2n) is 17.7. The first kappa shape index (κ1) is 39.8. The van der Waals surface area contributed by atoms with Gasteiger partial charge in [0, 0.05) is 36.9 Å². The molecule has 1 aliphatic carbocycles. The normalized spacial score (nSPS) is 12.5. The Labute approximate surface area is 400 Å². The van der Waals surface area contributed by atoms with Gasteiger partial charge in [0.2, 0.25) is 0 Å². The van der Waals surface area contributed by atoms with Crippen LogP contribution in [0.25, 0.3) is 98.6 Å². The average Bonchev–Trinajstić information content (AvgIpc) is 3.95. The van der Waals surface area contributed by atoms with E-state index in [4.69, 9.17) is 9.97 Å². The topological polar surface area (TPSA) is 25.8 Å². The highest BCUT2D eigenvalue weighted by molar-refractivity contribution is 7.25. The smallest absolute Gasteiger partial charge is 0.160 e. The fraction of sp³-hybridized carbons (Fsp3) is 0.0154. The molecule has 13 rings (SSSR count). The van der Waals surface area contributed by atoms with Crippen LogP contribution >= 0.6 is 11.3 Å². The number of rotatable bonds is 8. The molecular weight excluding hydrogens is 841 g/mol. The molecule has 0 unspecified atom stereocenters. The van der Waals surface area contributed by atoms with Gasteiger partial charge in [0.05, 0.1) is 16.8 Å². The summed E-state index contributed by atoms with van der Waals surface area (Å²) in [6.07, 6.45) is 0. The van der Waals surface area contributed by atoms with Crippen LogP contribution in [0.15, 0.2) is 255 Å². The molecule has 0 saturated heterocycles. The third-order valence-electron chi connectivity index (χ3n) is 13.8. The Morgan fingerprint density at radius 3 is 1.47 bits per heavy atom. The number of thiophene rings is 1. The van der Waals surface area contributed by atoms with Gasteiger partial charge in [-0.3, -0.25) is 0 Å². The van der Waals surface area contributed by atoms with E-state index in [2.05, 4.69) is 249 Å². The Balaban J connectivity index is 1.02. The van der Waals surface area contributed by atoms with Crippen molar-refractivity contribution in [1.29, 1.82) is 0 Å². The van der Waals surface area contributed by atoms with Crippen LogP contribution in [0.3, 0.4) is 0 Å². The van der Waals surface area contributed by atoms with Crippen LogP contribution in [0, 0.1) is 0 Å². The summed E-state index contributed by atoms with van der Waals surface area (Å²) in [7, 11) is 0. The number of aromatic nitrogens is 2. The molecule has 2 nitrogen and oxygen atoms in total. The van der Waals surface area contributed by atoms with E-state index in [1.165, 1.54) is 70.2 Å². The maximum Gasteiger partial charge on any atom is 0.160 e. The number of fused-ring (bicyclic) bond motifs is 6. The van der Waals surface area contributed by atoms with E-state index >= 15 is 0 Å². The Bertz CT molecular complexity index is 3780. The second-order valence-corrected chi connectivity index (χ2v) is 18.8. The minimum absolute atomic E-state index is 0.531. The van der Waals surface area contributed by atoms with Crippen molar-refractivity contribution in [3.05, 3.63) is 277 Å². The molecule has 2 aromatic heterocycles. The monoisotopic (exact) mass is 882 g/mol. The molecule has 0 amide bonds. The first-order valence-electron chi connectivity index (χ1n) is 23.2. The van der Waals surface area contributed by atoms with E-state index in [9.17, 15) is 0 Å². The molecule has 0 bridgehead atoms. The lowest BCUT2D eigenvalue weighted by atomic mass is 9.67. The molecule has 0 saturated carbocycles. The van der Waals surface area contributed by atoms with Crippen LogP contribution in [-0.4, -0.2) is 9.97 Å². The van der Waals surface area contributed by atoms with E-state index in [1.807, 2.05) is 17.4 Å². The number of nitrogens with zero attached hydrogens (tertiary/aromatic N) is 2. The lowest BCUT2D eigenvalue weighted by Gasteiger charge is -2.34. The lowest BCUT2D eigenvalue weighted by Crippen LogP contribution is -2.28. The quantitative estimate of drug-likeness (QED) is 0.152. The van der Waals surface area contributed by atoms with Crippen molar-refractivity contribution in [2.75, 3.05) is 0 Å². The van der Waals surface area contributed by atoms with Crippen molar-refractivity contribution in [2.24, 2.45) is 0 Å². The highest BCUT2D eigenvalue weighted by Gasteiger charge is 2.46. The van der Waals surface area contributed by atoms with Crippen LogP contribution in [0.1, 0.15) is 22.3 Å². The maximum absolute atomic E-state index is 5.42. The fourth-order valence-electron chi connectivity index (χ4n) is 10.6. The second kappa shape index (κ2) is 16.4. The molecule has 2 heterocycles. The Hall–Kier alpha value is -8.50. The van der Waals surface area contributed by atoms with Crippen LogP contribution in [-0.2, 0) is 5.41 Å². The molecule has 0 N–H and O–H groups in total. The van der Waals surface area contributed by atoms with Gasteiger partial charge >= 0.3 is 0 Å². The average molecular weight is 883 g/mol. The van der Waals surface area contributed by atoms with E-state index in [-0.39, 0.29) is 0 Å². The van der Waals surface area contributed by atoms with Gasteiger partial charge in [-0.25, -0.2) is 9.97 Å². The van der Waals surface area contributed by atoms with Crippen LogP contribution < -0.4 is 0 Å². The molecule has 10 aromatic carbocycles. The lowest BCUT2D eigenvalue weighted by molar-refractivity contribution is 0.768. The molecular formula is C65H42N2S. The van der Waals surface area contributed by atoms with Crippen molar-refractivity contribution in [1.82, 2.24) is 9.97 Å².